The Hall–Kier alpha value is -1.14. The van der Waals surface area contributed by atoms with Crippen LogP contribution in [0.2, 0.25) is 0 Å². The summed E-state index contributed by atoms with van der Waals surface area (Å²) in [7, 11) is 3.35. The number of rotatable bonds is 10. The van der Waals surface area contributed by atoms with Crippen LogP contribution in [0.5, 0.6) is 5.75 Å². The Morgan fingerprint density at radius 3 is 2.57 bits per heavy atom. The first-order chi connectivity index (χ1) is 10.8. The van der Waals surface area contributed by atoms with E-state index in [0.29, 0.717) is 19.8 Å². The second-order valence-corrected chi connectivity index (χ2v) is 6.66. The molecule has 132 valence electrons. The SMILES string of the molecule is COCCN(Cc1cccc(OC)c1)C[C@H](O)COC(C)(C)C. The molecule has 0 aliphatic carbocycles. The highest BCUT2D eigenvalue weighted by Crippen LogP contribution is 2.15. The molecule has 5 heteroatoms. The molecule has 0 unspecified atom stereocenters. The van der Waals surface area contributed by atoms with E-state index >= 15 is 0 Å². The van der Waals surface area contributed by atoms with Crippen LogP contribution in [0.15, 0.2) is 24.3 Å². The summed E-state index contributed by atoms with van der Waals surface area (Å²) >= 11 is 0. The first-order valence-electron chi connectivity index (χ1n) is 8.00. The van der Waals surface area contributed by atoms with Crippen molar-refractivity contribution in [1.29, 1.82) is 0 Å². The van der Waals surface area contributed by atoms with Crippen LogP contribution in [0.1, 0.15) is 26.3 Å². The highest BCUT2D eigenvalue weighted by atomic mass is 16.5. The number of aliphatic hydroxyl groups is 1. The molecule has 1 N–H and O–H groups in total. The zero-order chi connectivity index (χ0) is 17.3. The molecule has 0 fully saturated rings. The summed E-state index contributed by atoms with van der Waals surface area (Å²) in [4.78, 5) is 2.16. The molecule has 0 radical (unpaired) electrons. The van der Waals surface area contributed by atoms with Crippen molar-refractivity contribution in [3.8, 4) is 5.75 Å². The third kappa shape index (κ3) is 8.91. The number of aliphatic hydroxyl groups excluding tert-OH is 1. The lowest BCUT2D eigenvalue weighted by molar-refractivity contribution is -0.0576. The van der Waals surface area contributed by atoms with Crippen LogP contribution in [0.3, 0.4) is 0 Å². The average molecular weight is 325 g/mol. The highest BCUT2D eigenvalue weighted by Gasteiger charge is 2.17. The van der Waals surface area contributed by atoms with Crippen LogP contribution in [-0.2, 0) is 16.0 Å². The zero-order valence-electron chi connectivity index (χ0n) is 15.0. The van der Waals surface area contributed by atoms with Gasteiger partial charge in [0.15, 0.2) is 0 Å². The highest BCUT2D eigenvalue weighted by molar-refractivity contribution is 5.28. The van der Waals surface area contributed by atoms with Crippen molar-refractivity contribution in [3.63, 3.8) is 0 Å². The quantitative estimate of drug-likeness (QED) is 0.715. The van der Waals surface area contributed by atoms with E-state index in [4.69, 9.17) is 14.2 Å². The van der Waals surface area contributed by atoms with Gasteiger partial charge in [-0.05, 0) is 38.5 Å². The molecule has 0 amide bonds. The van der Waals surface area contributed by atoms with E-state index in [1.54, 1.807) is 14.2 Å². The molecule has 0 saturated carbocycles. The monoisotopic (exact) mass is 325 g/mol. The molecule has 1 aromatic carbocycles. The van der Waals surface area contributed by atoms with Crippen LogP contribution in [0, 0.1) is 0 Å². The maximum atomic E-state index is 10.2. The molecule has 0 aliphatic rings. The number of ether oxygens (including phenoxy) is 3. The van der Waals surface area contributed by atoms with Crippen LogP contribution in [0.25, 0.3) is 0 Å². The molecule has 1 atom stereocenters. The van der Waals surface area contributed by atoms with Crippen molar-refractivity contribution < 1.29 is 19.3 Å². The van der Waals surface area contributed by atoms with Gasteiger partial charge in [-0.3, -0.25) is 4.90 Å². The Balaban J connectivity index is 2.60. The number of benzene rings is 1. The third-order valence-corrected chi connectivity index (χ3v) is 3.33. The van der Waals surface area contributed by atoms with Crippen molar-refractivity contribution in [3.05, 3.63) is 29.8 Å². The van der Waals surface area contributed by atoms with E-state index < -0.39 is 6.10 Å². The van der Waals surface area contributed by atoms with Gasteiger partial charge in [-0.25, -0.2) is 0 Å². The minimum atomic E-state index is -0.531. The fourth-order valence-corrected chi connectivity index (χ4v) is 2.18. The molecule has 1 rings (SSSR count). The maximum absolute atomic E-state index is 10.2. The van der Waals surface area contributed by atoms with Gasteiger partial charge in [0.05, 0.1) is 32.0 Å². The second-order valence-electron chi connectivity index (χ2n) is 6.66. The Kier molecular flexibility index (Phi) is 8.55. The first kappa shape index (κ1) is 19.9. The Morgan fingerprint density at radius 2 is 1.96 bits per heavy atom. The standard InChI is InChI=1S/C18H31NO4/c1-18(2,3)23-14-16(20)13-19(9-10-21-4)12-15-7-6-8-17(11-15)22-5/h6-8,11,16,20H,9-10,12-14H2,1-5H3/t16-/m0/s1. The van der Waals surface area contributed by atoms with E-state index in [-0.39, 0.29) is 5.60 Å². The van der Waals surface area contributed by atoms with Gasteiger partial charge in [0.1, 0.15) is 5.75 Å². The molecule has 0 spiro atoms. The number of nitrogens with zero attached hydrogens (tertiary/aromatic N) is 1. The fraction of sp³-hybridized carbons (Fsp3) is 0.667. The lowest BCUT2D eigenvalue weighted by atomic mass is 10.2. The van der Waals surface area contributed by atoms with E-state index in [1.807, 2.05) is 39.0 Å². The van der Waals surface area contributed by atoms with Crippen LogP contribution in [-0.4, -0.2) is 62.2 Å². The lowest BCUT2D eigenvalue weighted by Crippen LogP contribution is -2.38. The van der Waals surface area contributed by atoms with E-state index in [1.165, 1.54) is 0 Å². The van der Waals surface area contributed by atoms with Gasteiger partial charge in [0.25, 0.3) is 0 Å². The van der Waals surface area contributed by atoms with Gasteiger partial charge >= 0.3 is 0 Å². The van der Waals surface area contributed by atoms with Gasteiger partial charge < -0.3 is 19.3 Å². The smallest absolute Gasteiger partial charge is 0.119 e. The van der Waals surface area contributed by atoms with Crippen molar-refractivity contribution in [2.24, 2.45) is 0 Å². The molecule has 5 nitrogen and oxygen atoms in total. The minimum absolute atomic E-state index is 0.245. The topological polar surface area (TPSA) is 51.2 Å². The third-order valence-electron chi connectivity index (χ3n) is 3.33. The van der Waals surface area contributed by atoms with Crippen LogP contribution >= 0.6 is 0 Å². The largest absolute Gasteiger partial charge is 0.497 e. The van der Waals surface area contributed by atoms with Crippen molar-refractivity contribution in [2.45, 2.75) is 39.0 Å². The van der Waals surface area contributed by atoms with Crippen molar-refractivity contribution in [2.75, 3.05) is 40.5 Å². The maximum Gasteiger partial charge on any atom is 0.119 e. The van der Waals surface area contributed by atoms with E-state index in [2.05, 4.69) is 11.0 Å². The summed E-state index contributed by atoms with van der Waals surface area (Å²) in [5, 5.41) is 10.2. The van der Waals surface area contributed by atoms with Gasteiger partial charge in [-0.2, -0.15) is 0 Å². The fourth-order valence-electron chi connectivity index (χ4n) is 2.18. The summed E-state index contributed by atoms with van der Waals surface area (Å²) < 4.78 is 16.1. The Bertz CT molecular complexity index is 445. The summed E-state index contributed by atoms with van der Waals surface area (Å²) in [6.45, 7) is 8.92. The number of hydrogen-bond acceptors (Lipinski definition) is 5. The van der Waals surface area contributed by atoms with Crippen molar-refractivity contribution in [1.82, 2.24) is 4.90 Å². The predicted molar refractivity (Wildman–Crippen MR) is 91.9 cm³/mol. The molecule has 0 aromatic heterocycles. The van der Waals surface area contributed by atoms with Crippen LogP contribution in [0.4, 0.5) is 0 Å². The molecular weight excluding hydrogens is 294 g/mol. The van der Waals surface area contributed by atoms with Crippen molar-refractivity contribution >= 4 is 0 Å². The van der Waals surface area contributed by atoms with E-state index in [0.717, 1.165) is 24.4 Å². The molecule has 0 aliphatic heterocycles. The molecule has 0 bridgehead atoms. The Morgan fingerprint density at radius 1 is 1.22 bits per heavy atom. The van der Waals surface area contributed by atoms with Gasteiger partial charge in [0.2, 0.25) is 0 Å². The minimum Gasteiger partial charge on any atom is -0.497 e. The van der Waals surface area contributed by atoms with Gasteiger partial charge in [0, 0.05) is 26.7 Å². The summed E-state index contributed by atoms with van der Waals surface area (Å²) in [5.74, 6) is 0.839. The molecule has 0 heterocycles. The van der Waals surface area contributed by atoms with Crippen LogP contribution < -0.4 is 4.74 Å². The zero-order valence-corrected chi connectivity index (χ0v) is 15.0. The lowest BCUT2D eigenvalue weighted by Gasteiger charge is -2.27. The second kappa shape index (κ2) is 9.88. The summed E-state index contributed by atoms with van der Waals surface area (Å²) in [6, 6.07) is 7.97. The average Bonchev–Trinajstić information content (AvgIpc) is 2.50. The summed E-state index contributed by atoms with van der Waals surface area (Å²) in [6.07, 6.45) is -0.531. The normalized spacial score (nSPS) is 13.3. The summed E-state index contributed by atoms with van der Waals surface area (Å²) in [5.41, 5.74) is 0.898. The molecular formula is C18H31NO4. The number of methoxy groups -OCH3 is 2. The Labute approximate surface area is 140 Å². The molecule has 0 saturated heterocycles. The molecule has 1 aromatic rings. The predicted octanol–water partition coefficient (Wildman–Crippen LogP) is 2.32. The number of hydrogen-bond donors (Lipinski definition) is 1. The van der Waals surface area contributed by atoms with Gasteiger partial charge in [-0.1, -0.05) is 12.1 Å². The van der Waals surface area contributed by atoms with E-state index in [9.17, 15) is 5.11 Å². The molecule has 23 heavy (non-hydrogen) atoms. The van der Waals surface area contributed by atoms with Gasteiger partial charge in [-0.15, -0.1) is 0 Å². The first-order valence-corrected chi connectivity index (χ1v) is 8.00.